The van der Waals surface area contributed by atoms with Crippen LogP contribution in [0.2, 0.25) is 0 Å². The van der Waals surface area contributed by atoms with Crippen LogP contribution in [0.1, 0.15) is 18.9 Å². The van der Waals surface area contributed by atoms with Crippen LogP contribution in [0.25, 0.3) is 5.65 Å². The molecule has 0 spiro atoms. The fraction of sp³-hybridized carbons (Fsp3) is 0.200. The summed E-state index contributed by atoms with van der Waals surface area (Å²) in [5.41, 5.74) is 1.99. The van der Waals surface area contributed by atoms with E-state index in [1.165, 1.54) is 10.8 Å². The molecule has 6 nitrogen and oxygen atoms in total. The molecule has 0 saturated heterocycles. The van der Waals surface area contributed by atoms with Crippen molar-refractivity contribution in [1.29, 1.82) is 0 Å². The highest BCUT2D eigenvalue weighted by Gasteiger charge is 2.16. The Hall–Kier alpha value is -2.41. The first-order valence-electron chi connectivity index (χ1n) is 7.00. The Labute approximate surface area is 128 Å². The van der Waals surface area contributed by atoms with E-state index >= 15 is 0 Å². The molecule has 22 heavy (non-hydrogen) atoms. The van der Waals surface area contributed by atoms with Crippen molar-refractivity contribution >= 4 is 21.4 Å². The number of benzene rings is 1. The van der Waals surface area contributed by atoms with E-state index in [4.69, 9.17) is 0 Å². The summed E-state index contributed by atoms with van der Waals surface area (Å²) in [6.45, 7) is 2.09. The molecule has 1 aromatic carbocycles. The van der Waals surface area contributed by atoms with Gasteiger partial charge in [-0.25, -0.2) is 17.9 Å². The predicted molar refractivity (Wildman–Crippen MR) is 84.2 cm³/mol. The molecule has 0 unspecified atom stereocenters. The van der Waals surface area contributed by atoms with E-state index in [2.05, 4.69) is 21.7 Å². The Morgan fingerprint density at radius 2 is 1.95 bits per heavy atom. The van der Waals surface area contributed by atoms with Crippen LogP contribution in [-0.4, -0.2) is 23.0 Å². The van der Waals surface area contributed by atoms with Gasteiger partial charge in [-0.05, 0) is 36.2 Å². The SMILES string of the molecule is CCCc1ccc(S(=O)(=O)Nc2cccn3ncnc23)cc1. The summed E-state index contributed by atoms with van der Waals surface area (Å²) in [5.74, 6) is 0. The van der Waals surface area contributed by atoms with Gasteiger partial charge in [0.05, 0.1) is 10.6 Å². The van der Waals surface area contributed by atoms with Gasteiger partial charge in [-0.2, -0.15) is 5.10 Å². The third-order valence-electron chi connectivity index (χ3n) is 3.32. The van der Waals surface area contributed by atoms with Crippen LogP contribution in [0.4, 0.5) is 5.69 Å². The standard InChI is InChI=1S/C15H16N4O2S/c1-2-4-12-6-8-13(9-7-12)22(20,21)18-14-5-3-10-19-15(14)16-11-17-19/h3,5-11,18H,2,4H2,1H3. The molecule has 3 rings (SSSR count). The molecule has 114 valence electrons. The maximum Gasteiger partial charge on any atom is 0.262 e. The predicted octanol–water partition coefficient (Wildman–Crippen LogP) is 2.48. The molecule has 0 aliphatic heterocycles. The highest BCUT2D eigenvalue weighted by Crippen LogP contribution is 2.19. The second kappa shape index (κ2) is 5.76. The van der Waals surface area contributed by atoms with Crippen molar-refractivity contribution in [1.82, 2.24) is 14.6 Å². The number of aromatic nitrogens is 3. The van der Waals surface area contributed by atoms with E-state index in [9.17, 15) is 8.42 Å². The largest absolute Gasteiger partial charge is 0.276 e. The van der Waals surface area contributed by atoms with Crippen LogP contribution in [-0.2, 0) is 16.4 Å². The number of fused-ring (bicyclic) bond motifs is 1. The maximum atomic E-state index is 12.5. The minimum atomic E-state index is -3.65. The van der Waals surface area contributed by atoms with E-state index < -0.39 is 10.0 Å². The molecule has 0 aliphatic rings. The quantitative estimate of drug-likeness (QED) is 0.784. The van der Waals surface area contributed by atoms with Crippen LogP contribution < -0.4 is 4.72 Å². The Morgan fingerprint density at radius 1 is 1.18 bits per heavy atom. The number of anilines is 1. The molecular formula is C15H16N4O2S. The van der Waals surface area contributed by atoms with Gasteiger partial charge in [0.1, 0.15) is 6.33 Å². The van der Waals surface area contributed by atoms with Gasteiger partial charge in [-0.3, -0.25) is 4.72 Å². The molecule has 1 N–H and O–H groups in total. The summed E-state index contributed by atoms with van der Waals surface area (Å²) < 4.78 is 29.0. The summed E-state index contributed by atoms with van der Waals surface area (Å²) in [6.07, 6.45) is 5.05. The lowest BCUT2D eigenvalue weighted by Gasteiger charge is -2.09. The Morgan fingerprint density at radius 3 is 2.68 bits per heavy atom. The Bertz CT molecular complexity index is 885. The number of sulfonamides is 1. The van der Waals surface area contributed by atoms with Crippen LogP contribution in [0, 0.1) is 0 Å². The highest BCUT2D eigenvalue weighted by atomic mass is 32.2. The van der Waals surface area contributed by atoms with Crippen LogP contribution in [0.15, 0.2) is 53.8 Å². The molecule has 0 fully saturated rings. The van der Waals surface area contributed by atoms with Gasteiger partial charge in [0.2, 0.25) is 0 Å². The van der Waals surface area contributed by atoms with Crippen molar-refractivity contribution in [3.63, 3.8) is 0 Å². The summed E-state index contributed by atoms with van der Waals surface area (Å²) in [5, 5.41) is 3.98. The van der Waals surface area contributed by atoms with Gasteiger partial charge < -0.3 is 0 Å². The average molecular weight is 316 g/mol. The van der Waals surface area contributed by atoms with Crippen molar-refractivity contribution < 1.29 is 8.42 Å². The molecule has 0 radical (unpaired) electrons. The van der Waals surface area contributed by atoms with Crippen molar-refractivity contribution in [3.05, 3.63) is 54.5 Å². The third-order valence-corrected chi connectivity index (χ3v) is 4.70. The van der Waals surface area contributed by atoms with Gasteiger partial charge in [0.15, 0.2) is 5.65 Å². The molecule has 0 aliphatic carbocycles. The molecular weight excluding hydrogens is 300 g/mol. The lowest BCUT2D eigenvalue weighted by Crippen LogP contribution is -2.13. The zero-order valence-electron chi connectivity index (χ0n) is 12.1. The minimum absolute atomic E-state index is 0.230. The first kappa shape index (κ1) is 14.5. The van der Waals surface area contributed by atoms with E-state index in [-0.39, 0.29) is 4.90 Å². The minimum Gasteiger partial charge on any atom is -0.276 e. The Kier molecular flexibility index (Phi) is 3.81. The first-order chi connectivity index (χ1) is 10.6. The second-order valence-electron chi connectivity index (χ2n) is 4.95. The summed E-state index contributed by atoms with van der Waals surface area (Å²) in [6, 6.07) is 10.3. The smallest absolute Gasteiger partial charge is 0.262 e. The van der Waals surface area contributed by atoms with Crippen molar-refractivity contribution in [2.75, 3.05) is 4.72 Å². The van der Waals surface area contributed by atoms with Gasteiger partial charge in [0, 0.05) is 6.20 Å². The molecule has 3 aromatic rings. The molecule has 0 atom stereocenters. The monoisotopic (exact) mass is 316 g/mol. The summed E-state index contributed by atoms with van der Waals surface area (Å²) in [7, 11) is -3.65. The van der Waals surface area contributed by atoms with Crippen molar-refractivity contribution in [2.24, 2.45) is 0 Å². The Balaban J connectivity index is 1.91. The number of hydrogen-bond acceptors (Lipinski definition) is 4. The normalized spacial score (nSPS) is 11.7. The average Bonchev–Trinajstić information content (AvgIpc) is 2.97. The van der Waals surface area contributed by atoms with E-state index in [1.807, 2.05) is 12.1 Å². The fourth-order valence-corrected chi connectivity index (χ4v) is 3.32. The summed E-state index contributed by atoms with van der Waals surface area (Å²) in [4.78, 5) is 4.29. The number of nitrogens with one attached hydrogen (secondary N) is 1. The number of nitrogens with zero attached hydrogens (tertiary/aromatic N) is 3. The van der Waals surface area contributed by atoms with Crippen LogP contribution in [0.5, 0.6) is 0 Å². The van der Waals surface area contributed by atoms with Gasteiger partial charge >= 0.3 is 0 Å². The first-order valence-corrected chi connectivity index (χ1v) is 8.48. The second-order valence-corrected chi connectivity index (χ2v) is 6.63. The lowest BCUT2D eigenvalue weighted by atomic mass is 10.1. The van der Waals surface area contributed by atoms with Crippen LogP contribution >= 0.6 is 0 Å². The molecule has 2 aromatic heterocycles. The zero-order valence-corrected chi connectivity index (χ0v) is 12.9. The van der Waals surface area contributed by atoms with Gasteiger partial charge in [-0.15, -0.1) is 0 Å². The number of aryl methyl sites for hydroxylation is 1. The maximum absolute atomic E-state index is 12.5. The topological polar surface area (TPSA) is 76.4 Å². The summed E-state index contributed by atoms with van der Waals surface area (Å²) >= 11 is 0. The van der Waals surface area contributed by atoms with Crippen LogP contribution in [0.3, 0.4) is 0 Å². The van der Waals surface area contributed by atoms with Gasteiger partial charge in [-0.1, -0.05) is 25.5 Å². The third kappa shape index (κ3) is 2.80. The van der Waals surface area contributed by atoms with E-state index in [0.29, 0.717) is 11.3 Å². The molecule has 0 saturated carbocycles. The molecule has 2 heterocycles. The molecule has 0 bridgehead atoms. The van der Waals surface area contributed by atoms with E-state index in [1.54, 1.807) is 30.5 Å². The lowest BCUT2D eigenvalue weighted by molar-refractivity contribution is 0.601. The number of pyridine rings is 1. The van der Waals surface area contributed by atoms with Gasteiger partial charge in [0.25, 0.3) is 10.0 Å². The highest BCUT2D eigenvalue weighted by molar-refractivity contribution is 7.92. The zero-order chi connectivity index (χ0) is 15.6. The van der Waals surface area contributed by atoms with Crippen molar-refractivity contribution in [2.45, 2.75) is 24.7 Å². The number of rotatable bonds is 5. The van der Waals surface area contributed by atoms with Crippen molar-refractivity contribution in [3.8, 4) is 0 Å². The molecule has 0 amide bonds. The number of hydrogen-bond donors (Lipinski definition) is 1. The molecule has 7 heteroatoms. The fourth-order valence-electron chi connectivity index (χ4n) is 2.25. The van der Waals surface area contributed by atoms with E-state index in [0.717, 1.165) is 18.4 Å².